The van der Waals surface area contributed by atoms with E-state index in [1.165, 1.54) is 37.1 Å². The van der Waals surface area contributed by atoms with Gasteiger partial charge in [0.1, 0.15) is 12.4 Å². The molecule has 0 saturated heterocycles. The second-order valence-corrected chi connectivity index (χ2v) is 8.71. The molecule has 2 aliphatic rings. The highest BCUT2D eigenvalue weighted by molar-refractivity contribution is 5.70. The van der Waals surface area contributed by atoms with Crippen LogP contribution >= 0.6 is 0 Å². The average molecular weight is 417 g/mol. The Bertz CT molecular complexity index is 768. The molecule has 7 heteroatoms. The molecule has 0 bridgehead atoms. The van der Waals surface area contributed by atoms with Crippen LogP contribution in [0.3, 0.4) is 0 Å². The molecule has 0 unspecified atom stereocenters. The number of aryl methyl sites for hydroxylation is 1. The van der Waals surface area contributed by atoms with Gasteiger partial charge in [-0.3, -0.25) is 0 Å². The standard InChI is InChI=1S/C23H36N4O3/c1-16-13-18(11-12-21(16)30-19-7-5-4-6-8-19)22(24)20(27(3)25)15-29-23(28)26(2)14-17-9-10-17/h11-13,17,19H,4-10,14-15,24-25H2,1-3H3/b22-20-. The van der Waals surface area contributed by atoms with E-state index in [1.54, 1.807) is 19.0 Å². The lowest BCUT2D eigenvalue weighted by molar-refractivity contribution is 0.112. The van der Waals surface area contributed by atoms with Gasteiger partial charge in [0.05, 0.1) is 17.5 Å². The molecule has 0 atom stereocenters. The van der Waals surface area contributed by atoms with Gasteiger partial charge in [-0.25, -0.2) is 10.6 Å². The summed E-state index contributed by atoms with van der Waals surface area (Å²) in [5, 5.41) is 1.41. The highest BCUT2D eigenvalue weighted by Crippen LogP contribution is 2.30. The predicted molar refractivity (Wildman–Crippen MR) is 118 cm³/mol. The van der Waals surface area contributed by atoms with Crippen molar-refractivity contribution in [1.82, 2.24) is 9.91 Å². The van der Waals surface area contributed by atoms with Crippen molar-refractivity contribution >= 4 is 11.8 Å². The molecule has 7 nitrogen and oxygen atoms in total. The number of nitrogens with zero attached hydrogens (tertiary/aromatic N) is 2. The molecule has 1 aromatic rings. The van der Waals surface area contributed by atoms with Crippen LogP contribution in [0.4, 0.5) is 4.79 Å². The minimum absolute atomic E-state index is 0.0199. The Morgan fingerprint density at radius 3 is 2.43 bits per heavy atom. The van der Waals surface area contributed by atoms with Crippen LogP contribution in [0.25, 0.3) is 5.70 Å². The molecule has 4 N–H and O–H groups in total. The number of hydrazine groups is 1. The summed E-state index contributed by atoms with van der Waals surface area (Å²) in [6.45, 7) is 2.77. The molecule has 0 radical (unpaired) electrons. The molecule has 1 aromatic carbocycles. The van der Waals surface area contributed by atoms with Crippen LogP contribution in [0.15, 0.2) is 23.9 Å². The summed E-state index contributed by atoms with van der Waals surface area (Å²) >= 11 is 0. The second-order valence-electron chi connectivity index (χ2n) is 8.71. The lowest BCUT2D eigenvalue weighted by Gasteiger charge is -2.24. The Kier molecular flexibility index (Phi) is 7.48. The zero-order chi connectivity index (χ0) is 21.7. The molecule has 30 heavy (non-hydrogen) atoms. The SMILES string of the molecule is Cc1cc(/C(N)=C(\COC(=O)N(C)CC2CC2)N(C)N)ccc1OC1CCCCC1. The minimum Gasteiger partial charge on any atom is -0.490 e. The van der Waals surface area contributed by atoms with E-state index in [9.17, 15) is 4.79 Å². The summed E-state index contributed by atoms with van der Waals surface area (Å²) in [5.74, 6) is 7.49. The number of carbonyl (C=O) groups excluding carboxylic acids is 1. The van der Waals surface area contributed by atoms with Crippen LogP contribution in [-0.2, 0) is 4.74 Å². The summed E-state index contributed by atoms with van der Waals surface area (Å²) < 4.78 is 11.7. The van der Waals surface area contributed by atoms with Gasteiger partial charge < -0.3 is 25.1 Å². The van der Waals surface area contributed by atoms with Crippen molar-refractivity contribution in [3.63, 3.8) is 0 Å². The van der Waals surface area contributed by atoms with E-state index in [4.69, 9.17) is 21.1 Å². The number of rotatable bonds is 8. The number of hydrogen-bond acceptors (Lipinski definition) is 6. The van der Waals surface area contributed by atoms with Crippen molar-refractivity contribution in [2.24, 2.45) is 17.5 Å². The van der Waals surface area contributed by atoms with Crippen molar-refractivity contribution < 1.29 is 14.3 Å². The summed E-state index contributed by atoms with van der Waals surface area (Å²) in [4.78, 5) is 13.9. The number of benzene rings is 1. The van der Waals surface area contributed by atoms with Crippen LogP contribution in [0, 0.1) is 12.8 Å². The van der Waals surface area contributed by atoms with E-state index < -0.39 is 0 Å². The number of hydrogen-bond donors (Lipinski definition) is 2. The number of carbonyl (C=O) groups is 1. The molecule has 2 fully saturated rings. The molecule has 2 saturated carbocycles. The van der Waals surface area contributed by atoms with Crippen molar-refractivity contribution in [2.45, 2.75) is 58.0 Å². The monoisotopic (exact) mass is 416 g/mol. The Labute approximate surface area is 179 Å². The van der Waals surface area contributed by atoms with Crippen LogP contribution in [0.2, 0.25) is 0 Å². The first kappa shape index (κ1) is 22.3. The van der Waals surface area contributed by atoms with E-state index in [-0.39, 0.29) is 12.7 Å². The molecular weight excluding hydrogens is 380 g/mol. The van der Waals surface area contributed by atoms with Crippen LogP contribution in [0.5, 0.6) is 5.75 Å². The lowest BCUT2D eigenvalue weighted by Crippen LogP contribution is -2.34. The number of amides is 1. The fourth-order valence-electron chi connectivity index (χ4n) is 3.85. The third kappa shape index (κ3) is 6.05. The fraction of sp³-hybridized carbons (Fsp3) is 0.609. The van der Waals surface area contributed by atoms with E-state index in [0.29, 0.717) is 23.4 Å². The van der Waals surface area contributed by atoms with Crippen LogP contribution in [-0.4, -0.2) is 49.4 Å². The van der Waals surface area contributed by atoms with Crippen molar-refractivity contribution in [2.75, 3.05) is 27.2 Å². The Balaban J connectivity index is 1.67. The van der Waals surface area contributed by atoms with Gasteiger partial charge in [0.2, 0.25) is 0 Å². The molecule has 1 amide bonds. The zero-order valence-electron chi connectivity index (χ0n) is 18.5. The maximum absolute atomic E-state index is 12.2. The summed E-state index contributed by atoms with van der Waals surface area (Å²) in [5.41, 5.74) is 9.32. The third-order valence-corrected chi connectivity index (χ3v) is 5.94. The van der Waals surface area contributed by atoms with E-state index in [1.807, 2.05) is 25.1 Å². The maximum Gasteiger partial charge on any atom is 0.409 e. The van der Waals surface area contributed by atoms with E-state index in [2.05, 4.69) is 0 Å². The molecule has 0 aliphatic heterocycles. The molecule has 0 aromatic heterocycles. The molecule has 0 heterocycles. The zero-order valence-corrected chi connectivity index (χ0v) is 18.5. The third-order valence-electron chi connectivity index (χ3n) is 5.94. The predicted octanol–water partition coefficient (Wildman–Crippen LogP) is 3.62. The van der Waals surface area contributed by atoms with Gasteiger partial charge >= 0.3 is 6.09 Å². The van der Waals surface area contributed by atoms with Crippen molar-refractivity contribution in [1.29, 1.82) is 0 Å². The smallest absolute Gasteiger partial charge is 0.409 e. The largest absolute Gasteiger partial charge is 0.490 e. The summed E-state index contributed by atoms with van der Waals surface area (Å²) in [6, 6.07) is 5.90. The van der Waals surface area contributed by atoms with Gasteiger partial charge in [0.25, 0.3) is 0 Å². The molecule has 2 aliphatic carbocycles. The highest BCUT2D eigenvalue weighted by Gasteiger charge is 2.25. The van der Waals surface area contributed by atoms with Gasteiger partial charge in [-0.2, -0.15) is 0 Å². The topological polar surface area (TPSA) is 94.1 Å². The fourth-order valence-corrected chi connectivity index (χ4v) is 3.85. The number of likely N-dealkylation sites (N-methyl/N-ethyl adjacent to an activating group) is 1. The summed E-state index contributed by atoms with van der Waals surface area (Å²) in [7, 11) is 3.45. The molecule has 166 valence electrons. The molecular formula is C23H36N4O3. The average Bonchev–Trinajstić information content (AvgIpc) is 3.53. The van der Waals surface area contributed by atoms with Gasteiger partial charge in [0, 0.05) is 20.6 Å². The van der Waals surface area contributed by atoms with Gasteiger partial charge in [-0.05, 0) is 80.7 Å². The van der Waals surface area contributed by atoms with Gasteiger partial charge in [-0.15, -0.1) is 0 Å². The Morgan fingerprint density at radius 2 is 1.83 bits per heavy atom. The second kappa shape index (κ2) is 10.1. The lowest BCUT2D eigenvalue weighted by atomic mass is 9.97. The van der Waals surface area contributed by atoms with Gasteiger partial charge in [-0.1, -0.05) is 6.42 Å². The Hall–Kier alpha value is -2.41. The van der Waals surface area contributed by atoms with E-state index in [0.717, 1.165) is 36.3 Å². The first-order chi connectivity index (χ1) is 14.3. The van der Waals surface area contributed by atoms with Crippen molar-refractivity contribution in [3.8, 4) is 5.75 Å². The number of nitrogens with two attached hydrogens (primary N) is 2. The summed E-state index contributed by atoms with van der Waals surface area (Å²) in [6.07, 6.45) is 8.31. The van der Waals surface area contributed by atoms with Crippen molar-refractivity contribution in [3.05, 3.63) is 35.0 Å². The van der Waals surface area contributed by atoms with Gasteiger partial charge in [0.15, 0.2) is 0 Å². The first-order valence-corrected chi connectivity index (χ1v) is 11.0. The highest BCUT2D eigenvalue weighted by atomic mass is 16.6. The number of ether oxygens (including phenoxy) is 2. The maximum atomic E-state index is 12.2. The Morgan fingerprint density at radius 1 is 1.13 bits per heavy atom. The molecule has 0 spiro atoms. The normalized spacial score (nSPS) is 17.9. The quantitative estimate of drug-likeness (QED) is 0.497. The van der Waals surface area contributed by atoms with Crippen LogP contribution < -0.4 is 16.3 Å². The van der Waals surface area contributed by atoms with E-state index >= 15 is 0 Å². The van der Waals surface area contributed by atoms with Crippen LogP contribution in [0.1, 0.15) is 56.1 Å². The molecule has 3 rings (SSSR count). The minimum atomic E-state index is -0.360. The first-order valence-electron chi connectivity index (χ1n) is 11.0.